The van der Waals surface area contributed by atoms with Gasteiger partial charge in [0.15, 0.2) is 5.60 Å². The number of carbonyl (C=O) groups is 2. The van der Waals surface area contributed by atoms with Crippen molar-refractivity contribution in [1.82, 2.24) is 9.88 Å². The number of ether oxygens (including phenoxy) is 1. The van der Waals surface area contributed by atoms with E-state index in [9.17, 15) is 30.0 Å². The third kappa shape index (κ3) is 2.81. The number of aliphatic hydroxyl groups excluding tert-OH is 2. The highest BCUT2D eigenvalue weighted by molar-refractivity contribution is 6.14. The molecule has 0 radical (unpaired) electrons. The van der Waals surface area contributed by atoms with Crippen LogP contribution in [0.2, 0.25) is 0 Å². The highest BCUT2D eigenvalue weighted by Gasteiger charge is 2.86. The number of aryl methyl sites for hydroxylation is 1. The summed E-state index contributed by atoms with van der Waals surface area (Å²) in [5, 5.41) is 44.8. The van der Waals surface area contributed by atoms with Crippen LogP contribution in [-0.2, 0) is 27.2 Å². The smallest absolute Gasteiger partial charge is 0.253 e. The van der Waals surface area contributed by atoms with Crippen LogP contribution in [0, 0.1) is 11.8 Å². The topological polar surface area (TPSA) is 173 Å². The molecule has 2 heterocycles. The molecule has 194 valence electrons. The molecule has 11 nitrogen and oxygen atoms in total. The molecule has 0 aromatic carbocycles. The van der Waals surface area contributed by atoms with Gasteiger partial charge in [0.2, 0.25) is 11.6 Å². The molecule has 6 N–H and O–H groups in total. The molecule has 1 saturated carbocycles. The van der Waals surface area contributed by atoms with Gasteiger partial charge in [0.1, 0.15) is 28.7 Å². The molecule has 5 atom stereocenters. The number of rotatable bonds is 5. The lowest BCUT2D eigenvalue weighted by Gasteiger charge is -2.46. The van der Waals surface area contributed by atoms with E-state index in [1.54, 1.807) is 19.0 Å². The normalized spacial score (nSPS) is 32.6. The minimum absolute atomic E-state index is 0.0334. The van der Waals surface area contributed by atoms with E-state index in [-0.39, 0.29) is 29.1 Å². The summed E-state index contributed by atoms with van der Waals surface area (Å²) >= 11 is 0. The molecule has 1 aliphatic heterocycles. The Hall–Kier alpha value is -3.15. The van der Waals surface area contributed by atoms with E-state index in [1.165, 1.54) is 0 Å². The van der Waals surface area contributed by atoms with Gasteiger partial charge < -0.3 is 35.8 Å². The van der Waals surface area contributed by atoms with Crippen molar-refractivity contribution in [3.63, 3.8) is 0 Å². The van der Waals surface area contributed by atoms with Gasteiger partial charge in [-0.2, -0.15) is 0 Å². The van der Waals surface area contributed by atoms with Gasteiger partial charge in [-0.05, 0) is 39.3 Å². The maximum absolute atomic E-state index is 14.1. The number of anilines is 1. The molecule has 1 unspecified atom stereocenters. The van der Waals surface area contributed by atoms with Gasteiger partial charge in [0.25, 0.3) is 5.91 Å². The van der Waals surface area contributed by atoms with E-state index in [1.807, 2.05) is 25.9 Å². The standard InChI is InChI=1S/C25H32N4O7/c1-6-7-13-18(30)15-11(23(27-13)29(4)5)8-10-9-12-17(28(2)3)20(32)16(22(26)34)25(35)24(12,36-25)21(33)14(10)19(15)31/h10,12,17,30-32,35H,6-9H2,1-5H3,(H2,26,34)/t10-,12-,17-,24-,25?/m0/s1. The number of amides is 1. The summed E-state index contributed by atoms with van der Waals surface area (Å²) in [6.45, 7) is 1.95. The zero-order valence-corrected chi connectivity index (χ0v) is 21.0. The highest BCUT2D eigenvalue weighted by atomic mass is 16.8. The molecule has 1 amide bonds. The van der Waals surface area contributed by atoms with Gasteiger partial charge in [-0.3, -0.25) is 14.5 Å². The Morgan fingerprint density at radius 3 is 2.44 bits per heavy atom. The predicted molar refractivity (Wildman–Crippen MR) is 129 cm³/mol. The Balaban J connectivity index is 1.73. The van der Waals surface area contributed by atoms with E-state index in [0.717, 1.165) is 0 Å². The number of epoxide rings is 1. The molecule has 2 fully saturated rings. The van der Waals surface area contributed by atoms with Crippen LogP contribution < -0.4 is 10.6 Å². The second kappa shape index (κ2) is 7.67. The maximum atomic E-state index is 14.1. The van der Waals surface area contributed by atoms with E-state index < -0.39 is 52.3 Å². The number of Topliss-reactive ketones (excluding diaryl/α,β-unsaturated/α-hetero) is 1. The third-order valence-corrected chi connectivity index (χ3v) is 8.06. The SMILES string of the molecule is CCCc1nc(N(C)C)c2c(c1O)C(O)=C1C(=O)[C@]34OC3(O)C(C(N)=O)=C(O)[C@@H](N(C)C)[C@@H]4C[C@@H]1C2. The van der Waals surface area contributed by atoms with E-state index in [2.05, 4.69) is 4.98 Å². The Morgan fingerprint density at radius 2 is 1.89 bits per heavy atom. The Kier molecular flexibility index (Phi) is 5.23. The number of fused-ring (bicyclic) bond motifs is 2. The lowest BCUT2D eigenvalue weighted by atomic mass is 9.58. The average Bonchev–Trinajstić information content (AvgIpc) is 3.40. The van der Waals surface area contributed by atoms with Crippen molar-refractivity contribution in [2.45, 2.75) is 50.0 Å². The first-order chi connectivity index (χ1) is 16.8. The van der Waals surface area contributed by atoms with Gasteiger partial charge in [-0.15, -0.1) is 0 Å². The first-order valence-electron chi connectivity index (χ1n) is 12.1. The summed E-state index contributed by atoms with van der Waals surface area (Å²) in [4.78, 5) is 34.4. The zero-order valence-electron chi connectivity index (χ0n) is 21.0. The van der Waals surface area contributed by atoms with Crippen molar-refractivity contribution in [1.29, 1.82) is 0 Å². The molecule has 5 rings (SSSR count). The maximum Gasteiger partial charge on any atom is 0.253 e. The number of aromatic hydroxyl groups is 1. The molecular weight excluding hydrogens is 468 g/mol. The van der Waals surface area contributed by atoms with Crippen molar-refractivity contribution in [3.05, 3.63) is 33.7 Å². The average molecular weight is 501 g/mol. The number of pyridine rings is 1. The highest BCUT2D eigenvalue weighted by Crippen LogP contribution is 2.67. The fraction of sp³-hybridized carbons (Fsp3) is 0.560. The summed E-state index contributed by atoms with van der Waals surface area (Å²) in [6, 6.07) is -0.823. The number of nitrogens with two attached hydrogens (primary N) is 1. The van der Waals surface area contributed by atoms with Gasteiger partial charge in [-0.25, -0.2) is 4.98 Å². The van der Waals surface area contributed by atoms with Gasteiger partial charge in [-0.1, -0.05) is 13.3 Å². The third-order valence-electron chi connectivity index (χ3n) is 8.06. The fourth-order valence-electron chi connectivity index (χ4n) is 6.62. The Bertz CT molecular complexity index is 1270. The van der Waals surface area contributed by atoms with Crippen LogP contribution in [0.15, 0.2) is 16.9 Å². The van der Waals surface area contributed by atoms with Crippen LogP contribution >= 0.6 is 0 Å². The second-order valence-electron chi connectivity index (χ2n) is 10.6. The summed E-state index contributed by atoms with van der Waals surface area (Å²) in [5.74, 6) is -5.76. The largest absolute Gasteiger partial charge is 0.510 e. The quantitative estimate of drug-likeness (QED) is 0.359. The predicted octanol–water partition coefficient (Wildman–Crippen LogP) is 0.535. The Labute approximate surface area is 208 Å². The zero-order chi connectivity index (χ0) is 26.5. The van der Waals surface area contributed by atoms with E-state index >= 15 is 0 Å². The number of aromatic nitrogens is 1. The number of hydrogen-bond acceptors (Lipinski definition) is 10. The first kappa shape index (κ1) is 24.5. The molecule has 11 heteroatoms. The van der Waals surface area contributed by atoms with Crippen molar-refractivity contribution >= 4 is 23.3 Å². The fourth-order valence-corrected chi connectivity index (χ4v) is 6.62. The molecule has 0 bridgehead atoms. The monoisotopic (exact) mass is 500 g/mol. The van der Waals surface area contributed by atoms with Crippen LogP contribution in [0.3, 0.4) is 0 Å². The van der Waals surface area contributed by atoms with Crippen molar-refractivity contribution in [2.75, 3.05) is 33.1 Å². The number of likely N-dealkylation sites (N-methyl/N-ethyl adjacent to an activating group) is 1. The van der Waals surface area contributed by atoms with E-state index in [4.69, 9.17) is 10.5 Å². The van der Waals surface area contributed by atoms with Gasteiger partial charge >= 0.3 is 0 Å². The van der Waals surface area contributed by atoms with E-state index in [0.29, 0.717) is 36.3 Å². The number of carbonyl (C=O) groups excluding carboxylic acids is 2. The number of primary amides is 1. The molecule has 1 aromatic heterocycles. The molecule has 1 saturated heterocycles. The molecule has 1 spiro atoms. The van der Waals surface area contributed by atoms with Crippen molar-refractivity contribution < 1.29 is 34.8 Å². The summed E-state index contributed by atoms with van der Waals surface area (Å²) in [6.07, 6.45) is 1.76. The molecule has 36 heavy (non-hydrogen) atoms. The minimum Gasteiger partial charge on any atom is -0.510 e. The van der Waals surface area contributed by atoms with Crippen LogP contribution in [0.25, 0.3) is 5.76 Å². The number of aliphatic hydroxyl groups is 3. The lowest BCUT2D eigenvalue weighted by molar-refractivity contribution is -0.127. The van der Waals surface area contributed by atoms with Crippen LogP contribution in [-0.4, -0.2) is 87.6 Å². The van der Waals surface area contributed by atoms with Crippen LogP contribution in [0.5, 0.6) is 5.75 Å². The van der Waals surface area contributed by atoms with Crippen LogP contribution in [0.1, 0.15) is 36.6 Å². The second-order valence-corrected chi connectivity index (χ2v) is 10.6. The van der Waals surface area contributed by atoms with Crippen molar-refractivity contribution in [2.24, 2.45) is 17.6 Å². The van der Waals surface area contributed by atoms with Crippen LogP contribution in [0.4, 0.5) is 5.82 Å². The molecular formula is C25H32N4O7. The van der Waals surface area contributed by atoms with Gasteiger partial charge in [0, 0.05) is 31.1 Å². The summed E-state index contributed by atoms with van der Waals surface area (Å²) < 4.78 is 5.67. The number of hydrogen-bond donors (Lipinski definition) is 5. The number of nitrogens with zero attached hydrogens (tertiary/aromatic N) is 3. The van der Waals surface area contributed by atoms with Crippen molar-refractivity contribution in [3.8, 4) is 5.75 Å². The molecule has 1 aromatic rings. The van der Waals surface area contributed by atoms with Gasteiger partial charge in [0.05, 0.1) is 17.3 Å². The Morgan fingerprint density at radius 1 is 1.22 bits per heavy atom. The summed E-state index contributed by atoms with van der Waals surface area (Å²) in [5.41, 5.74) is 4.28. The summed E-state index contributed by atoms with van der Waals surface area (Å²) in [7, 11) is 7.01. The number of ketones is 1. The molecule has 4 aliphatic rings. The first-order valence-corrected chi connectivity index (χ1v) is 12.1. The minimum atomic E-state index is -2.39. The lowest BCUT2D eigenvalue weighted by Crippen LogP contribution is -2.60. The molecule has 3 aliphatic carbocycles.